The normalized spacial score (nSPS) is 43.1. The highest BCUT2D eigenvalue weighted by atomic mass is 16.6. The minimum absolute atomic E-state index is 0.00594. The molecule has 2 N–H and O–H groups in total. The largest absolute Gasteiger partial charge is 0.450 e. The number of Topliss-reactive ketones (excluding diaryl/α,β-unsaturated/α-hetero) is 1. The third kappa shape index (κ3) is 3.09. The quantitative estimate of drug-likeness (QED) is 0.649. The Morgan fingerprint density at radius 2 is 1.91 bits per heavy atom. The number of carbonyl (C=O) groups is 3. The summed E-state index contributed by atoms with van der Waals surface area (Å²) in [5, 5.41) is 21.4. The molecule has 0 aliphatic heterocycles. The number of allylic oxidation sites excluding steroid dienone is 4. The second kappa shape index (κ2) is 7.36. The predicted molar refractivity (Wildman–Crippen MR) is 118 cm³/mol. The highest BCUT2D eigenvalue weighted by molar-refractivity contribution is 6.01. The van der Waals surface area contributed by atoms with Gasteiger partial charge in [0, 0.05) is 16.7 Å². The Morgan fingerprint density at radius 1 is 1.22 bits per heavy atom. The molecule has 4 aliphatic carbocycles. The summed E-state index contributed by atoms with van der Waals surface area (Å²) in [7, 11) is 0. The van der Waals surface area contributed by atoms with Crippen molar-refractivity contribution in [3.05, 3.63) is 23.8 Å². The van der Waals surface area contributed by atoms with Crippen LogP contribution >= 0.6 is 0 Å². The lowest BCUT2D eigenvalue weighted by Crippen LogP contribution is -2.63. The molecule has 6 nitrogen and oxygen atoms in total. The summed E-state index contributed by atoms with van der Waals surface area (Å²) in [4.78, 5) is 38.1. The molecule has 6 heteroatoms. The Hall–Kier alpha value is -1.79. The topological polar surface area (TPSA) is 101 Å². The number of hydrogen-bond donors (Lipinski definition) is 2. The summed E-state index contributed by atoms with van der Waals surface area (Å²) in [6.45, 7) is 8.62. The molecular weight excluding hydrogens is 408 g/mol. The van der Waals surface area contributed by atoms with Gasteiger partial charge in [0.15, 0.2) is 11.4 Å². The molecule has 3 fully saturated rings. The van der Waals surface area contributed by atoms with Gasteiger partial charge in [-0.1, -0.05) is 25.5 Å². The second-order valence-electron chi connectivity index (χ2n) is 11.8. The maximum absolute atomic E-state index is 13.2. The minimum Gasteiger partial charge on any atom is -0.450 e. The highest BCUT2D eigenvalue weighted by Crippen LogP contribution is 2.68. The van der Waals surface area contributed by atoms with Crippen LogP contribution in [0.3, 0.4) is 0 Å². The van der Waals surface area contributed by atoms with Crippen molar-refractivity contribution in [1.82, 2.24) is 0 Å². The van der Waals surface area contributed by atoms with E-state index in [-0.39, 0.29) is 23.5 Å². The second-order valence-corrected chi connectivity index (χ2v) is 11.8. The minimum atomic E-state index is -1.43. The van der Waals surface area contributed by atoms with Crippen molar-refractivity contribution in [2.45, 2.75) is 78.4 Å². The SMILES string of the molecule is CC(C)(C)C(=O)O[C@]1(C(=O)CO)CC[C@H]2[C@@H]3CCC4=CC(=O)C=C[C@]4(C)[C@H]3[C@@H](O)C[C@@]21C. The Balaban J connectivity index is 1.75. The third-order valence-electron chi connectivity index (χ3n) is 9.09. The predicted octanol–water partition coefficient (Wildman–Crippen LogP) is 3.15. The van der Waals surface area contributed by atoms with Gasteiger partial charge in [-0.05, 0) is 76.9 Å². The molecule has 0 amide bonds. The standard InChI is InChI=1S/C26H36O6/c1-23(2,3)22(31)32-26(20(30)14-27)11-9-18-17-7-6-15-12-16(28)8-10-24(15,4)21(17)19(29)13-25(18,26)5/h8,10,12,17-19,21,27,29H,6-7,9,11,13-14H2,1-5H3/t17-,18-,19-,21+,24-,25-,26-/m0/s1. The molecule has 0 heterocycles. The lowest BCUT2D eigenvalue weighted by atomic mass is 9.46. The maximum atomic E-state index is 13.2. The van der Waals surface area contributed by atoms with Gasteiger partial charge in [0.25, 0.3) is 0 Å². The van der Waals surface area contributed by atoms with E-state index in [0.29, 0.717) is 19.3 Å². The van der Waals surface area contributed by atoms with Crippen LogP contribution in [0.25, 0.3) is 0 Å². The van der Waals surface area contributed by atoms with E-state index in [1.165, 1.54) is 0 Å². The van der Waals surface area contributed by atoms with Gasteiger partial charge in [-0.15, -0.1) is 0 Å². The zero-order chi connectivity index (χ0) is 23.7. The fourth-order valence-electron chi connectivity index (χ4n) is 7.44. The Labute approximate surface area is 190 Å². The lowest BCUT2D eigenvalue weighted by molar-refractivity contribution is -0.205. The van der Waals surface area contributed by atoms with Crippen LogP contribution in [-0.2, 0) is 19.1 Å². The van der Waals surface area contributed by atoms with Crippen LogP contribution < -0.4 is 0 Å². The number of ketones is 2. The van der Waals surface area contributed by atoms with Crippen molar-refractivity contribution in [2.24, 2.45) is 34.0 Å². The van der Waals surface area contributed by atoms with E-state index < -0.39 is 46.3 Å². The van der Waals surface area contributed by atoms with Crippen LogP contribution in [-0.4, -0.2) is 46.1 Å². The molecule has 4 rings (SSSR count). The van der Waals surface area contributed by atoms with Crippen molar-refractivity contribution >= 4 is 17.5 Å². The Bertz CT molecular complexity index is 910. The number of ether oxygens (including phenoxy) is 1. The molecule has 7 atom stereocenters. The number of fused-ring (bicyclic) bond motifs is 5. The number of esters is 1. The summed E-state index contributed by atoms with van der Waals surface area (Å²) >= 11 is 0. The van der Waals surface area contributed by atoms with Crippen LogP contribution in [0.5, 0.6) is 0 Å². The summed E-state index contributed by atoms with van der Waals surface area (Å²) in [5.74, 6) is -0.810. The first-order valence-electron chi connectivity index (χ1n) is 11.8. The van der Waals surface area contributed by atoms with Crippen molar-refractivity contribution < 1.29 is 29.3 Å². The van der Waals surface area contributed by atoms with Crippen LogP contribution in [0.4, 0.5) is 0 Å². The maximum Gasteiger partial charge on any atom is 0.312 e. The summed E-state index contributed by atoms with van der Waals surface area (Å²) in [6.07, 6.45) is 7.52. The number of carbonyl (C=O) groups excluding carboxylic acids is 3. The molecule has 4 aliphatic rings. The average molecular weight is 445 g/mol. The van der Waals surface area contributed by atoms with E-state index in [1.54, 1.807) is 32.9 Å². The smallest absolute Gasteiger partial charge is 0.312 e. The van der Waals surface area contributed by atoms with E-state index in [0.717, 1.165) is 18.4 Å². The van der Waals surface area contributed by atoms with Crippen LogP contribution in [0.1, 0.15) is 66.7 Å². The van der Waals surface area contributed by atoms with Gasteiger partial charge in [-0.2, -0.15) is 0 Å². The molecule has 32 heavy (non-hydrogen) atoms. The van der Waals surface area contributed by atoms with E-state index >= 15 is 0 Å². The lowest BCUT2D eigenvalue weighted by Gasteiger charge is -2.60. The molecular formula is C26H36O6. The first-order chi connectivity index (χ1) is 14.8. The molecule has 176 valence electrons. The van der Waals surface area contributed by atoms with Gasteiger partial charge in [-0.3, -0.25) is 14.4 Å². The van der Waals surface area contributed by atoms with E-state index in [9.17, 15) is 24.6 Å². The number of aliphatic hydroxyl groups excluding tert-OH is 2. The van der Waals surface area contributed by atoms with Crippen molar-refractivity contribution in [3.8, 4) is 0 Å². The average Bonchev–Trinajstić information content (AvgIpc) is 2.99. The Kier molecular flexibility index (Phi) is 5.37. The van der Waals surface area contributed by atoms with Crippen molar-refractivity contribution in [1.29, 1.82) is 0 Å². The molecule has 0 unspecified atom stereocenters. The zero-order valence-electron chi connectivity index (χ0n) is 19.8. The van der Waals surface area contributed by atoms with Crippen LogP contribution in [0, 0.1) is 34.0 Å². The summed E-state index contributed by atoms with van der Waals surface area (Å²) < 4.78 is 6.03. The summed E-state index contributed by atoms with van der Waals surface area (Å²) in [5.41, 5.74) is -2.31. The highest BCUT2D eigenvalue weighted by Gasteiger charge is 2.70. The fraction of sp³-hybridized carbons (Fsp3) is 0.731. The third-order valence-corrected chi connectivity index (χ3v) is 9.09. The molecule has 0 aromatic carbocycles. The number of hydrogen-bond acceptors (Lipinski definition) is 6. The molecule has 0 aromatic heterocycles. The molecule has 3 saturated carbocycles. The van der Waals surface area contributed by atoms with Crippen molar-refractivity contribution in [3.63, 3.8) is 0 Å². The first kappa shape index (κ1) is 23.4. The van der Waals surface area contributed by atoms with Gasteiger partial charge in [0.05, 0.1) is 11.5 Å². The number of rotatable bonds is 3. The van der Waals surface area contributed by atoms with Gasteiger partial charge in [-0.25, -0.2) is 0 Å². The summed E-state index contributed by atoms with van der Waals surface area (Å²) in [6, 6.07) is 0. The van der Waals surface area contributed by atoms with Gasteiger partial charge in [0.2, 0.25) is 5.78 Å². The Morgan fingerprint density at radius 3 is 2.53 bits per heavy atom. The molecule has 0 saturated heterocycles. The van der Waals surface area contributed by atoms with E-state index in [4.69, 9.17) is 4.74 Å². The van der Waals surface area contributed by atoms with Crippen molar-refractivity contribution in [2.75, 3.05) is 6.61 Å². The molecule has 0 aromatic rings. The first-order valence-corrected chi connectivity index (χ1v) is 11.8. The van der Waals surface area contributed by atoms with E-state index in [2.05, 4.69) is 6.92 Å². The van der Waals surface area contributed by atoms with Gasteiger partial charge >= 0.3 is 5.97 Å². The van der Waals surface area contributed by atoms with Gasteiger partial charge in [0.1, 0.15) is 6.61 Å². The molecule has 0 spiro atoms. The molecule has 0 bridgehead atoms. The number of aliphatic hydroxyl groups is 2. The van der Waals surface area contributed by atoms with Crippen LogP contribution in [0.15, 0.2) is 23.8 Å². The fourth-order valence-corrected chi connectivity index (χ4v) is 7.44. The van der Waals surface area contributed by atoms with E-state index in [1.807, 2.05) is 13.0 Å². The monoisotopic (exact) mass is 444 g/mol. The zero-order valence-corrected chi connectivity index (χ0v) is 19.8. The van der Waals surface area contributed by atoms with Gasteiger partial charge < -0.3 is 14.9 Å². The molecule has 0 radical (unpaired) electrons. The van der Waals surface area contributed by atoms with Crippen LogP contribution in [0.2, 0.25) is 0 Å².